The lowest BCUT2D eigenvalue weighted by Gasteiger charge is -2.07. The number of carboxylic acids is 1. The molecule has 0 saturated carbocycles. The van der Waals surface area contributed by atoms with Gasteiger partial charge in [-0.05, 0) is 48.6 Å². The molecule has 0 saturated heterocycles. The molecule has 2 heterocycles. The Hall–Kier alpha value is -3.43. The van der Waals surface area contributed by atoms with Crippen LogP contribution in [-0.2, 0) is 0 Å². The van der Waals surface area contributed by atoms with Gasteiger partial charge < -0.3 is 20.1 Å². The van der Waals surface area contributed by atoms with Crippen molar-refractivity contribution in [3.8, 4) is 23.1 Å². The van der Waals surface area contributed by atoms with Gasteiger partial charge in [0, 0.05) is 23.4 Å². The first-order valence-electron chi connectivity index (χ1n) is 8.34. The first-order valence-corrected chi connectivity index (χ1v) is 9.57. The number of nitrogens with zero attached hydrogens (tertiary/aromatic N) is 2. The van der Waals surface area contributed by atoms with E-state index in [9.17, 15) is 15.0 Å². The van der Waals surface area contributed by atoms with Crippen LogP contribution in [0.5, 0.6) is 17.4 Å². The molecule has 3 aromatic rings. The Bertz CT molecular complexity index is 1270. The first kappa shape index (κ1) is 18.9. The molecule has 1 aliphatic heterocycles. The molecule has 0 fully saturated rings. The molecule has 9 heteroatoms. The Kier molecular flexibility index (Phi) is 4.69. The summed E-state index contributed by atoms with van der Waals surface area (Å²) >= 11 is 6.55. The summed E-state index contributed by atoms with van der Waals surface area (Å²) in [7, 11) is 1.59. The van der Waals surface area contributed by atoms with Crippen molar-refractivity contribution < 1.29 is 24.9 Å². The molecule has 0 atom stereocenters. The largest absolute Gasteiger partial charge is 0.507 e. The van der Waals surface area contributed by atoms with Crippen molar-refractivity contribution in [1.29, 1.82) is 0 Å². The number of carboxylic acid groups (broad SMARTS) is 1. The minimum absolute atomic E-state index is 0.111. The molecule has 0 radical (unpaired) electrons. The van der Waals surface area contributed by atoms with Gasteiger partial charge >= 0.3 is 5.97 Å². The van der Waals surface area contributed by atoms with Gasteiger partial charge in [-0.15, -0.1) is 11.3 Å². The van der Waals surface area contributed by atoms with E-state index in [0.717, 1.165) is 16.8 Å². The van der Waals surface area contributed by atoms with Gasteiger partial charge in [-0.2, -0.15) is 0 Å². The van der Waals surface area contributed by atoms with Gasteiger partial charge in [0.1, 0.15) is 17.1 Å². The van der Waals surface area contributed by atoms with Crippen molar-refractivity contribution in [2.45, 2.75) is 0 Å². The van der Waals surface area contributed by atoms with Crippen molar-refractivity contribution >= 4 is 53.1 Å². The minimum Gasteiger partial charge on any atom is -0.507 e. The van der Waals surface area contributed by atoms with Crippen molar-refractivity contribution in [3.05, 3.63) is 56.4 Å². The van der Waals surface area contributed by atoms with Crippen LogP contribution in [0.2, 0.25) is 0 Å². The van der Waals surface area contributed by atoms with E-state index in [0.29, 0.717) is 20.3 Å². The Labute approximate surface area is 174 Å². The van der Waals surface area contributed by atoms with Gasteiger partial charge in [-0.25, -0.2) is 4.79 Å². The van der Waals surface area contributed by atoms with E-state index >= 15 is 0 Å². The zero-order chi connectivity index (χ0) is 20.7. The number of aliphatic imine (C=N–C) groups is 1. The number of rotatable bonds is 4. The number of carbonyl (C=O) groups is 1. The second-order valence-corrected chi connectivity index (χ2v) is 7.81. The van der Waals surface area contributed by atoms with E-state index in [2.05, 4.69) is 4.99 Å². The number of fused-ring (bicyclic) bond motifs is 1. The van der Waals surface area contributed by atoms with Crippen LogP contribution in [0.25, 0.3) is 17.3 Å². The number of phenols is 1. The molecule has 29 heavy (non-hydrogen) atoms. The van der Waals surface area contributed by atoms with Gasteiger partial charge in [0.25, 0.3) is 0 Å². The number of aromatic carboxylic acids is 1. The predicted molar refractivity (Wildman–Crippen MR) is 114 cm³/mol. The van der Waals surface area contributed by atoms with Crippen LogP contribution >= 0.6 is 23.6 Å². The Morgan fingerprint density at radius 2 is 2.03 bits per heavy atom. The van der Waals surface area contributed by atoms with E-state index < -0.39 is 11.7 Å². The lowest BCUT2D eigenvalue weighted by atomic mass is 10.1. The normalized spacial score (nSPS) is 13.6. The number of methoxy groups -OCH3 is 1. The summed E-state index contributed by atoms with van der Waals surface area (Å²) < 4.78 is 6.98. The maximum Gasteiger partial charge on any atom is 0.339 e. The number of allylic oxidation sites excluding steroid dienone is 1. The predicted octanol–water partition coefficient (Wildman–Crippen LogP) is 4.64. The molecular formula is C20H14N2O5S2. The average Bonchev–Trinajstić information content (AvgIpc) is 3.21. The van der Waals surface area contributed by atoms with Crippen molar-refractivity contribution in [2.75, 3.05) is 7.11 Å². The lowest BCUT2D eigenvalue weighted by Crippen LogP contribution is -1.99. The Morgan fingerprint density at radius 3 is 2.72 bits per heavy atom. The molecular weight excluding hydrogens is 412 g/mol. The van der Waals surface area contributed by atoms with Crippen molar-refractivity contribution in [2.24, 2.45) is 4.99 Å². The third-order valence-corrected chi connectivity index (χ3v) is 5.74. The van der Waals surface area contributed by atoms with Gasteiger partial charge in [0.15, 0.2) is 3.95 Å². The highest BCUT2D eigenvalue weighted by Gasteiger charge is 2.18. The van der Waals surface area contributed by atoms with Gasteiger partial charge in [-0.3, -0.25) is 9.56 Å². The zero-order valence-electron chi connectivity index (χ0n) is 15.0. The van der Waals surface area contributed by atoms with E-state index in [1.165, 1.54) is 34.1 Å². The van der Waals surface area contributed by atoms with E-state index in [1.54, 1.807) is 19.4 Å². The van der Waals surface area contributed by atoms with Crippen molar-refractivity contribution in [1.82, 2.24) is 4.57 Å². The molecule has 0 amide bonds. The molecule has 2 aromatic carbocycles. The summed E-state index contributed by atoms with van der Waals surface area (Å²) in [4.78, 5) is 16.0. The topological polar surface area (TPSA) is 104 Å². The maximum absolute atomic E-state index is 11.1. The van der Waals surface area contributed by atoms with Crippen LogP contribution in [0.15, 0.2) is 41.4 Å². The van der Waals surface area contributed by atoms with Gasteiger partial charge in [-0.1, -0.05) is 0 Å². The number of benzene rings is 2. The highest BCUT2D eigenvalue weighted by Crippen LogP contribution is 2.38. The van der Waals surface area contributed by atoms with Crippen LogP contribution in [-0.4, -0.2) is 39.2 Å². The first-order chi connectivity index (χ1) is 13.9. The number of aromatic hydroxyl groups is 2. The number of aromatic nitrogens is 1. The zero-order valence-corrected chi connectivity index (χ0v) is 16.6. The monoisotopic (exact) mass is 426 g/mol. The molecule has 1 aliphatic rings. The molecule has 146 valence electrons. The molecule has 1 aromatic heterocycles. The lowest BCUT2D eigenvalue weighted by molar-refractivity contribution is 0.0693. The van der Waals surface area contributed by atoms with Crippen LogP contribution in [0.1, 0.15) is 20.8 Å². The van der Waals surface area contributed by atoms with Gasteiger partial charge in [0.05, 0.1) is 23.4 Å². The molecule has 0 unspecified atom stereocenters. The average molecular weight is 426 g/mol. The fraction of sp³-hybridized carbons (Fsp3) is 0.0500. The summed E-state index contributed by atoms with van der Waals surface area (Å²) in [5.74, 6) is -1.07. The third kappa shape index (κ3) is 3.30. The summed E-state index contributed by atoms with van der Waals surface area (Å²) in [6.07, 6.45) is 3.47. The van der Waals surface area contributed by atoms with Crippen LogP contribution < -0.4 is 4.74 Å². The quantitative estimate of drug-likeness (QED) is 0.525. The summed E-state index contributed by atoms with van der Waals surface area (Å²) in [5, 5.41) is 29.7. The highest BCUT2D eigenvalue weighted by atomic mass is 32.1. The molecule has 0 aliphatic carbocycles. The van der Waals surface area contributed by atoms with Crippen molar-refractivity contribution in [3.63, 3.8) is 0 Å². The maximum atomic E-state index is 11.1. The van der Waals surface area contributed by atoms with Crippen LogP contribution in [0, 0.1) is 3.95 Å². The minimum atomic E-state index is -1.24. The summed E-state index contributed by atoms with van der Waals surface area (Å²) in [6.45, 7) is 0. The smallest absolute Gasteiger partial charge is 0.339 e. The number of thiazole rings is 1. The second kappa shape index (κ2) is 7.19. The Morgan fingerprint density at radius 1 is 1.24 bits per heavy atom. The van der Waals surface area contributed by atoms with Gasteiger partial charge in [0.2, 0.25) is 5.88 Å². The molecule has 7 nitrogen and oxygen atoms in total. The fourth-order valence-corrected chi connectivity index (χ4v) is 4.30. The highest BCUT2D eigenvalue weighted by molar-refractivity contribution is 7.73. The Balaban J connectivity index is 1.78. The molecule has 3 N–H and O–H groups in total. The number of ether oxygens (including phenoxy) is 1. The van der Waals surface area contributed by atoms with Crippen LogP contribution in [0.4, 0.5) is 5.69 Å². The fourth-order valence-electron chi connectivity index (χ4n) is 2.99. The second-order valence-electron chi connectivity index (χ2n) is 6.14. The summed E-state index contributed by atoms with van der Waals surface area (Å²) in [5.41, 5.74) is 2.59. The van der Waals surface area contributed by atoms with E-state index in [1.807, 2.05) is 18.2 Å². The standard InChI is InChI=1S/C20H14N2O5S2/c1-27-12-3-5-15-14(8-12)10(9-21-15)6-17-18(24)22(20(28)29-17)11-2-4-13(19(25)26)16(23)7-11/h2-9,23-24H,1H3,(H,25,26)/b10-6-. The van der Waals surface area contributed by atoms with E-state index in [-0.39, 0.29) is 11.4 Å². The SMILES string of the molecule is COc1ccc2c(c1)/C(=C\c1sc(=S)n(-c3ccc(C(=O)O)c(O)c3)c1O)C=N2. The number of hydrogen-bond donors (Lipinski definition) is 3. The third-order valence-electron chi connectivity index (χ3n) is 4.43. The number of hydrogen-bond acceptors (Lipinski definition) is 7. The molecule has 0 bridgehead atoms. The van der Waals surface area contributed by atoms with E-state index in [4.69, 9.17) is 22.1 Å². The summed E-state index contributed by atoms with van der Waals surface area (Å²) in [6, 6.07) is 9.52. The molecule has 4 rings (SSSR count). The van der Waals surface area contributed by atoms with Crippen LogP contribution in [0.3, 0.4) is 0 Å². The molecule has 0 spiro atoms.